The number of carboxylic acid groups (broad SMARTS) is 1. The first-order valence-corrected chi connectivity index (χ1v) is 7.70. The van der Waals surface area contributed by atoms with E-state index in [4.69, 9.17) is 5.11 Å². The lowest BCUT2D eigenvalue weighted by molar-refractivity contribution is -0.140. The Morgan fingerprint density at radius 1 is 1.33 bits per heavy atom. The second-order valence-electron chi connectivity index (χ2n) is 4.30. The zero-order chi connectivity index (χ0) is 15.9. The number of aliphatic carboxylic acids is 1. The number of rotatable bonds is 8. The molecule has 0 saturated heterocycles. The summed E-state index contributed by atoms with van der Waals surface area (Å²) in [6.45, 7) is 0.0376. The minimum atomic E-state index is -3.72. The Labute approximate surface area is 123 Å². The van der Waals surface area contributed by atoms with Gasteiger partial charge >= 0.3 is 11.9 Å². The van der Waals surface area contributed by atoms with E-state index in [0.717, 1.165) is 0 Å². The molecule has 1 aromatic rings. The Hall–Kier alpha value is -1.93. The van der Waals surface area contributed by atoms with Gasteiger partial charge in [-0.2, -0.15) is 0 Å². The number of carbonyl (C=O) groups is 2. The van der Waals surface area contributed by atoms with Gasteiger partial charge < -0.3 is 9.84 Å². The van der Waals surface area contributed by atoms with Gasteiger partial charge in [-0.05, 0) is 24.1 Å². The number of methoxy groups -OCH3 is 1. The number of carboxylic acids is 1. The third-order valence-corrected chi connectivity index (χ3v) is 4.10. The van der Waals surface area contributed by atoms with Crippen molar-refractivity contribution < 1.29 is 27.9 Å². The van der Waals surface area contributed by atoms with Crippen molar-refractivity contribution in [3.8, 4) is 0 Å². The van der Waals surface area contributed by atoms with Gasteiger partial charge in [-0.15, -0.1) is 0 Å². The van der Waals surface area contributed by atoms with Gasteiger partial charge in [-0.3, -0.25) is 9.59 Å². The molecule has 0 aliphatic carbocycles. The van der Waals surface area contributed by atoms with E-state index in [1.54, 1.807) is 6.07 Å². The summed E-state index contributed by atoms with van der Waals surface area (Å²) in [5.74, 6) is -1.44. The molecule has 0 saturated carbocycles. The summed E-state index contributed by atoms with van der Waals surface area (Å²) in [5.41, 5.74) is 0.523. The van der Waals surface area contributed by atoms with Crippen LogP contribution < -0.4 is 4.72 Å². The maximum atomic E-state index is 12.0. The molecule has 0 spiro atoms. The molecule has 0 unspecified atom stereocenters. The number of sulfonamides is 1. The lowest BCUT2D eigenvalue weighted by Crippen LogP contribution is -2.25. The lowest BCUT2D eigenvalue weighted by atomic mass is 10.1. The fourth-order valence-electron chi connectivity index (χ4n) is 1.59. The molecule has 7 nitrogen and oxygen atoms in total. The summed E-state index contributed by atoms with van der Waals surface area (Å²) < 4.78 is 30.9. The van der Waals surface area contributed by atoms with Gasteiger partial charge in [0.25, 0.3) is 0 Å². The second-order valence-corrected chi connectivity index (χ2v) is 6.06. The SMILES string of the molecule is COC(=O)Cc1cccc(S(=O)(=O)NCCCC(=O)O)c1. The molecular formula is C13H17NO6S. The van der Waals surface area contributed by atoms with Crippen molar-refractivity contribution in [2.45, 2.75) is 24.2 Å². The standard InChI is InChI=1S/C13H17NO6S/c1-20-13(17)9-10-4-2-5-11(8-10)21(18,19)14-7-3-6-12(15)16/h2,4-5,8,14H,3,6-7,9H2,1H3,(H,15,16). The summed E-state index contributed by atoms with van der Waals surface area (Å²) in [4.78, 5) is 21.5. The van der Waals surface area contributed by atoms with Gasteiger partial charge in [0.15, 0.2) is 0 Å². The number of hydrogen-bond acceptors (Lipinski definition) is 5. The molecule has 0 aliphatic heterocycles. The summed E-state index contributed by atoms with van der Waals surface area (Å²) in [6, 6.07) is 5.95. The Kier molecular flexibility index (Phi) is 6.32. The van der Waals surface area contributed by atoms with E-state index in [0.29, 0.717) is 5.56 Å². The molecule has 2 N–H and O–H groups in total. The van der Waals surface area contributed by atoms with Crippen molar-refractivity contribution >= 4 is 22.0 Å². The van der Waals surface area contributed by atoms with Crippen LogP contribution >= 0.6 is 0 Å². The van der Waals surface area contributed by atoms with Crippen LogP contribution in [0.15, 0.2) is 29.2 Å². The minimum Gasteiger partial charge on any atom is -0.481 e. The highest BCUT2D eigenvalue weighted by molar-refractivity contribution is 7.89. The maximum absolute atomic E-state index is 12.0. The summed E-state index contributed by atoms with van der Waals surface area (Å²) in [7, 11) is -2.46. The molecule has 0 amide bonds. The molecule has 0 aliphatic rings. The summed E-state index contributed by atoms with van der Waals surface area (Å²) in [6.07, 6.45) is 0.0835. The average Bonchev–Trinajstić information content (AvgIpc) is 2.43. The molecule has 0 heterocycles. The molecular weight excluding hydrogens is 298 g/mol. The van der Waals surface area contributed by atoms with E-state index in [2.05, 4.69) is 9.46 Å². The van der Waals surface area contributed by atoms with E-state index in [-0.39, 0.29) is 30.7 Å². The average molecular weight is 315 g/mol. The number of hydrogen-bond donors (Lipinski definition) is 2. The highest BCUT2D eigenvalue weighted by atomic mass is 32.2. The van der Waals surface area contributed by atoms with E-state index in [1.165, 1.54) is 25.3 Å². The van der Waals surface area contributed by atoms with Crippen LogP contribution in [0.3, 0.4) is 0 Å². The zero-order valence-electron chi connectivity index (χ0n) is 11.5. The van der Waals surface area contributed by atoms with Crippen molar-refractivity contribution in [2.24, 2.45) is 0 Å². The van der Waals surface area contributed by atoms with Crippen molar-refractivity contribution in [3.05, 3.63) is 29.8 Å². The first kappa shape index (κ1) is 17.1. The fraction of sp³-hybridized carbons (Fsp3) is 0.385. The maximum Gasteiger partial charge on any atom is 0.309 e. The monoisotopic (exact) mass is 315 g/mol. The molecule has 1 aromatic carbocycles. The molecule has 1 rings (SSSR count). The van der Waals surface area contributed by atoms with Crippen LogP contribution in [-0.4, -0.2) is 39.1 Å². The largest absolute Gasteiger partial charge is 0.481 e. The molecule has 0 bridgehead atoms. The van der Waals surface area contributed by atoms with E-state index in [1.807, 2.05) is 0 Å². The highest BCUT2D eigenvalue weighted by Crippen LogP contribution is 2.12. The number of carbonyl (C=O) groups excluding carboxylic acids is 1. The minimum absolute atomic E-state index is 0.0150. The Morgan fingerprint density at radius 2 is 2.05 bits per heavy atom. The van der Waals surface area contributed by atoms with Crippen LogP contribution in [0.5, 0.6) is 0 Å². The molecule has 0 radical (unpaired) electrons. The quantitative estimate of drug-likeness (QED) is 0.535. The van der Waals surface area contributed by atoms with Crippen molar-refractivity contribution in [2.75, 3.05) is 13.7 Å². The van der Waals surface area contributed by atoms with Crippen molar-refractivity contribution in [3.63, 3.8) is 0 Å². The van der Waals surface area contributed by atoms with Crippen LogP contribution in [0.2, 0.25) is 0 Å². The molecule has 0 fully saturated rings. The number of benzene rings is 1. The number of nitrogens with one attached hydrogen (secondary N) is 1. The van der Waals surface area contributed by atoms with E-state index in [9.17, 15) is 18.0 Å². The van der Waals surface area contributed by atoms with E-state index >= 15 is 0 Å². The predicted molar refractivity (Wildman–Crippen MR) is 74.2 cm³/mol. The van der Waals surface area contributed by atoms with Gasteiger partial charge in [0.1, 0.15) is 0 Å². The molecule has 8 heteroatoms. The van der Waals surface area contributed by atoms with Crippen LogP contribution in [0.1, 0.15) is 18.4 Å². The lowest BCUT2D eigenvalue weighted by Gasteiger charge is -2.07. The van der Waals surface area contributed by atoms with E-state index < -0.39 is 22.0 Å². The molecule has 21 heavy (non-hydrogen) atoms. The zero-order valence-corrected chi connectivity index (χ0v) is 12.4. The fourth-order valence-corrected chi connectivity index (χ4v) is 2.73. The Balaban J connectivity index is 2.72. The molecule has 0 atom stereocenters. The predicted octanol–water partition coefficient (Wildman–Crippen LogP) is 0.545. The summed E-state index contributed by atoms with van der Waals surface area (Å²) >= 11 is 0. The first-order valence-electron chi connectivity index (χ1n) is 6.22. The van der Waals surface area contributed by atoms with Gasteiger partial charge in [0, 0.05) is 13.0 Å². The van der Waals surface area contributed by atoms with Gasteiger partial charge in [0.05, 0.1) is 18.4 Å². The van der Waals surface area contributed by atoms with Crippen molar-refractivity contribution in [1.82, 2.24) is 4.72 Å². The Morgan fingerprint density at radius 3 is 2.67 bits per heavy atom. The number of ether oxygens (including phenoxy) is 1. The normalized spacial score (nSPS) is 11.1. The third-order valence-electron chi connectivity index (χ3n) is 2.64. The smallest absolute Gasteiger partial charge is 0.309 e. The van der Waals surface area contributed by atoms with Gasteiger partial charge in [0.2, 0.25) is 10.0 Å². The Bertz CT molecular complexity index is 611. The van der Waals surface area contributed by atoms with Crippen LogP contribution in [-0.2, 0) is 30.8 Å². The van der Waals surface area contributed by atoms with Crippen LogP contribution in [0, 0.1) is 0 Å². The van der Waals surface area contributed by atoms with Gasteiger partial charge in [-0.25, -0.2) is 13.1 Å². The van der Waals surface area contributed by atoms with Gasteiger partial charge in [-0.1, -0.05) is 12.1 Å². The molecule has 0 aromatic heterocycles. The highest BCUT2D eigenvalue weighted by Gasteiger charge is 2.14. The molecule has 116 valence electrons. The van der Waals surface area contributed by atoms with Crippen LogP contribution in [0.25, 0.3) is 0 Å². The summed E-state index contributed by atoms with van der Waals surface area (Å²) in [5, 5.41) is 8.48. The topological polar surface area (TPSA) is 110 Å². The first-order chi connectivity index (χ1) is 9.85. The van der Waals surface area contributed by atoms with Crippen LogP contribution in [0.4, 0.5) is 0 Å². The second kappa shape index (κ2) is 7.75. The number of esters is 1. The van der Waals surface area contributed by atoms with Crippen molar-refractivity contribution in [1.29, 1.82) is 0 Å². The third kappa shape index (κ3) is 5.92.